The van der Waals surface area contributed by atoms with Gasteiger partial charge in [0.05, 0.1) is 44.7 Å². The molecule has 1 saturated carbocycles. The quantitative estimate of drug-likeness (QED) is 0.0777. The number of rotatable bonds is 10. The monoisotopic (exact) mass is 668 g/mol. The zero-order valence-corrected chi connectivity index (χ0v) is 25.5. The Bertz CT molecular complexity index is 1300. The number of hydrogen-bond donors (Lipinski definition) is 7. The molecule has 0 spiro atoms. The molecule has 3 saturated heterocycles. The van der Waals surface area contributed by atoms with Crippen molar-refractivity contribution in [2.75, 3.05) is 20.3 Å². The van der Waals surface area contributed by atoms with E-state index in [9.17, 15) is 40.5 Å². The second-order valence-corrected chi connectivity index (χ2v) is 12.2. The molecule has 1 aromatic carbocycles. The molecule has 16 heteroatoms. The number of ether oxygens (including phenoxy) is 8. The minimum Gasteiger partial charge on any atom is -0.497 e. The van der Waals surface area contributed by atoms with Gasteiger partial charge >= 0.3 is 5.97 Å². The van der Waals surface area contributed by atoms with Crippen LogP contribution in [0.15, 0.2) is 42.7 Å². The maximum absolute atomic E-state index is 12.6. The number of hydrogen-bond acceptors (Lipinski definition) is 16. The fourth-order valence-electron chi connectivity index (χ4n) is 6.80. The molecule has 1 unspecified atom stereocenters. The van der Waals surface area contributed by atoms with Crippen LogP contribution in [0.2, 0.25) is 0 Å². The summed E-state index contributed by atoms with van der Waals surface area (Å²) in [4.78, 5) is 12.6. The Morgan fingerprint density at radius 1 is 0.894 bits per heavy atom. The number of fused-ring (bicyclic) bond motifs is 3. The Morgan fingerprint density at radius 2 is 1.60 bits per heavy atom. The van der Waals surface area contributed by atoms with Crippen molar-refractivity contribution in [2.45, 2.75) is 92.4 Å². The summed E-state index contributed by atoms with van der Waals surface area (Å²) in [5, 5.41) is 72.6. The number of carbonyl (C=O) groups excluding carboxylic acids is 1. The van der Waals surface area contributed by atoms with Gasteiger partial charge < -0.3 is 73.6 Å². The SMILES string of the molecule is COc1ccc(/C=C/C(=O)O[C@@H]2[C@@H](O)[C@@H](O)[C@H](O[C@H]3[C@@H]4C=CO[C@@H](O[C@@H]5O[C@H](CO)[C@@H](O)[C@H](O)[C@H]5O)C4[C@@]4(CO)O[C@@H]34)O[C@H]2C)cc1. The van der Waals surface area contributed by atoms with Crippen LogP contribution in [0.5, 0.6) is 5.75 Å². The summed E-state index contributed by atoms with van der Waals surface area (Å²) >= 11 is 0. The van der Waals surface area contributed by atoms with Gasteiger partial charge in [-0.15, -0.1) is 0 Å². The van der Waals surface area contributed by atoms with Gasteiger partial charge in [0, 0.05) is 12.0 Å². The van der Waals surface area contributed by atoms with Crippen LogP contribution in [0.3, 0.4) is 0 Å². The molecule has 0 amide bonds. The topological polar surface area (TPSA) is 236 Å². The first kappa shape index (κ1) is 34.2. The van der Waals surface area contributed by atoms with Gasteiger partial charge in [0.25, 0.3) is 0 Å². The van der Waals surface area contributed by atoms with Crippen LogP contribution >= 0.6 is 0 Å². The van der Waals surface area contributed by atoms with Crippen LogP contribution in [0, 0.1) is 11.8 Å². The van der Waals surface area contributed by atoms with Gasteiger partial charge in [-0.1, -0.05) is 12.1 Å². The molecule has 1 aromatic rings. The lowest BCUT2D eigenvalue weighted by Gasteiger charge is -2.44. The maximum atomic E-state index is 12.6. The van der Waals surface area contributed by atoms with E-state index in [-0.39, 0.29) is 0 Å². The third-order valence-corrected chi connectivity index (χ3v) is 9.45. The molecule has 4 aliphatic heterocycles. The number of benzene rings is 1. The van der Waals surface area contributed by atoms with E-state index in [2.05, 4.69) is 0 Å². The molecule has 4 fully saturated rings. The van der Waals surface area contributed by atoms with E-state index in [1.54, 1.807) is 44.4 Å². The van der Waals surface area contributed by atoms with E-state index < -0.39 is 117 Å². The molecule has 0 bridgehead atoms. The summed E-state index contributed by atoms with van der Waals surface area (Å²) in [7, 11) is 1.54. The van der Waals surface area contributed by atoms with Crippen molar-refractivity contribution in [1.82, 2.24) is 0 Å². The molecule has 260 valence electrons. The minimum absolute atomic E-state index is 0.473. The smallest absolute Gasteiger partial charge is 0.331 e. The lowest BCUT2D eigenvalue weighted by atomic mass is 9.85. The molecule has 47 heavy (non-hydrogen) atoms. The van der Waals surface area contributed by atoms with Crippen LogP contribution in [-0.4, -0.2) is 148 Å². The van der Waals surface area contributed by atoms with Crippen LogP contribution in [0.1, 0.15) is 12.5 Å². The highest BCUT2D eigenvalue weighted by atomic mass is 16.8. The molecule has 16 atom stereocenters. The number of aliphatic hydroxyl groups is 7. The van der Waals surface area contributed by atoms with Crippen LogP contribution in [0.4, 0.5) is 0 Å². The molecule has 1 aliphatic carbocycles. The van der Waals surface area contributed by atoms with E-state index in [1.165, 1.54) is 18.4 Å². The Kier molecular flexibility index (Phi) is 9.93. The predicted molar refractivity (Wildman–Crippen MR) is 154 cm³/mol. The molecule has 0 radical (unpaired) electrons. The van der Waals surface area contributed by atoms with E-state index in [0.717, 1.165) is 0 Å². The average molecular weight is 669 g/mol. The number of carbonyl (C=O) groups is 1. The first-order chi connectivity index (χ1) is 22.5. The molecule has 4 heterocycles. The molecule has 16 nitrogen and oxygen atoms in total. The minimum atomic E-state index is -1.69. The fraction of sp³-hybridized carbons (Fsp3) is 0.645. The standard InChI is InChI=1S/C31H40O16/c1-13-25(44-18(34)8-5-14-3-6-15(40-2)7-4-14)22(37)24(39)29(42-13)45-26-16-9-10-41-28(19(16)31(12-33)27(26)47-31)46-30-23(38)21(36)20(35)17(11-32)43-30/h3-10,13,16-17,19-30,32-33,35-39H,11-12H2,1-2H3/b8-5+/t13-,16+,17+,19?,20+,21-,22-,23+,24+,25-,26-,27-,28-,29-,30-,31+/m0/s1. The zero-order chi connectivity index (χ0) is 33.6. The highest BCUT2D eigenvalue weighted by molar-refractivity contribution is 5.87. The second-order valence-electron chi connectivity index (χ2n) is 12.2. The van der Waals surface area contributed by atoms with E-state index >= 15 is 0 Å². The lowest BCUT2D eigenvalue weighted by Crippen LogP contribution is -2.60. The summed E-state index contributed by atoms with van der Waals surface area (Å²) in [5.74, 6) is -1.40. The van der Waals surface area contributed by atoms with Crippen molar-refractivity contribution in [2.24, 2.45) is 11.8 Å². The lowest BCUT2D eigenvalue weighted by molar-refractivity contribution is -0.347. The van der Waals surface area contributed by atoms with Gasteiger partial charge in [-0.2, -0.15) is 0 Å². The van der Waals surface area contributed by atoms with Crippen LogP contribution in [0.25, 0.3) is 6.08 Å². The van der Waals surface area contributed by atoms with Gasteiger partial charge in [0.2, 0.25) is 6.29 Å². The first-order valence-electron chi connectivity index (χ1n) is 15.3. The third kappa shape index (κ3) is 6.29. The summed E-state index contributed by atoms with van der Waals surface area (Å²) in [6.07, 6.45) is -11.4. The molecular weight excluding hydrogens is 628 g/mol. The van der Waals surface area contributed by atoms with Crippen LogP contribution < -0.4 is 4.74 Å². The van der Waals surface area contributed by atoms with Gasteiger partial charge in [-0.05, 0) is 36.8 Å². The summed E-state index contributed by atoms with van der Waals surface area (Å²) in [6, 6.07) is 6.95. The van der Waals surface area contributed by atoms with Crippen molar-refractivity contribution >= 4 is 12.0 Å². The molecule has 5 aliphatic rings. The Hall–Kier alpha value is -2.71. The highest BCUT2D eigenvalue weighted by Gasteiger charge is 2.77. The summed E-state index contributed by atoms with van der Waals surface area (Å²) in [6.45, 7) is 0.427. The number of esters is 1. The Labute approximate surface area is 269 Å². The summed E-state index contributed by atoms with van der Waals surface area (Å²) in [5.41, 5.74) is -0.499. The first-order valence-corrected chi connectivity index (χ1v) is 15.3. The van der Waals surface area contributed by atoms with Crippen molar-refractivity contribution in [3.8, 4) is 5.75 Å². The molecule has 7 N–H and O–H groups in total. The second kappa shape index (κ2) is 13.7. The number of aliphatic hydroxyl groups excluding tert-OH is 7. The van der Waals surface area contributed by atoms with Crippen molar-refractivity contribution in [3.63, 3.8) is 0 Å². The van der Waals surface area contributed by atoms with Gasteiger partial charge in [-0.3, -0.25) is 0 Å². The molecule has 6 rings (SSSR count). The molecule has 0 aromatic heterocycles. The highest BCUT2D eigenvalue weighted by Crippen LogP contribution is 2.61. The third-order valence-electron chi connectivity index (χ3n) is 9.45. The van der Waals surface area contributed by atoms with E-state index in [0.29, 0.717) is 11.3 Å². The van der Waals surface area contributed by atoms with Gasteiger partial charge in [-0.25, -0.2) is 4.79 Å². The normalized spacial score (nSPS) is 45.6. The molecular formula is C31H40O16. The van der Waals surface area contributed by atoms with Gasteiger partial charge in [0.15, 0.2) is 18.7 Å². The summed E-state index contributed by atoms with van der Waals surface area (Å²) < 4.78 is 45.5. The van der Waals surface area contributed by atoms with E-state index in [1.807, 2.05) is 0 Å². The average Bonchev–Trinajstić information content (AvgIpc) is 3.75. The van der Waals surface area contributed by atoms with Crippen LogP contribution in [-0.2, 0) is 38.0 Å². The van der Waals surface area contributed by atoms with Crippen molar-refractivity contribution in [3.05, 3.63) is 48.2 Å². The fourth-order valence-corrected chi connectivity index (χ4v) is 6.80. The maximum Gasteiger partial charge on any atom is 0.331 e. The Morgan fingerprint density at radius 3 is 2.28 bits per heavy atom. The van der Waals surface area contributed by atoms with Gasteiger partial charge in [0.1, 0.15) is 54.1 Å². The van der Waals surface area contributed by atoms with E-state index in [4.69, 9.17) is 37.9 Å². The largest absolute Gasteiger partial charge is 0.497 e. The predicted octanol–water partition coefficient (Wildman–Crippen LogP) is -2.47. The Balaban J connectivity index is 1.10. The number of epoxide rings is 1. The van der Waals surface area contributed by atoms with Crippen molar-refractivity contribution in [1.29, 1.82) is 0 Å². The zero-order valence-electron chi connectivity index (χ0n) is 25.5. The number of methoxy groups -OCH3 is 1. The van der Waals surface area contributed by atoms with Crippen molar-refractivity contribution < 1.29 is 78.4 Å².